The Bertz CT molecular complexity index is 1150. The van der Waals surface area contributed by atoms with E-state index >= 15 is 0 Å². The summed E-state index contributed by atoms with van der Waals surface area (Å²) in [6.45, 7) is 4.25. The highest BCUT2D eigenvalue weighted by atomic mass is 16.2. The van der Waals surface area contributed by atoms with Gasteiger partial charge in [-0.25, -0.2) is 9.78 Å². The predicted molar refractivity (Wildman–Crippen MR) is 97.2 cm³/mol. The third-order valence-corrected chi connectivity index (χ3v) is 4.89. The zero-order valence-corrected chi connectivity index (χ0v) is 14.5. The van der Waals surface area contributed by atoms with Gasteiger partial charge in [0.1, 0.15) is 11.3 Å². The zero-order chi connectivity index (χ0) is 18.4. The topological polar surface area (TPSA) is 98.9 Å². The molecule has 0 saturated heterocycles. The average molecular weight is 350 g/mol. The maximum absolute atomic E-state index is 13.1. The van der Waals surface area contributed by atoms with Crippen molar-refractivity contribution < 1.29 is 4.79 Å². The highest BCUT2D eigenvalue weighted by molar-refractivity contribution is 5.95. The van der Waals surface area contributed by atoms with Gasteiger partial charge in [-0.1, -0.05) is 24.3 Å². The molecule has 2 N–H and O–H groups in total. The Kier molecular flexibility index (Phi) is 3.72. The summed E-state index contributed by atoms with van der Waals surface area (Å²) >= 11 is 0. The van der Waals surface area contributed by atoms with Gasteiger partial charge < -0.3 is 4.90 Å². The second kappa shape index (κ2) is 5.94. The number of benzene rings is 1. The molecule has 3 heterocycles. The highest BCUT2D eigenvalue weighted by Gasteiger charge is 2.28. The minimum Gasteiger partial charge on any atom is -0.330 e. The fourth-order valence-corrected chi connectivity index (χ4v) is 3.56. The number of aromatic nitrogens is 3. The maximum atomic E-state index is 13.1. The van der Waals surface area contributed by atoms with Gasteiger partial charge in [0.15, 0.2) is 0 Å². The zero-order valence-electron chi connectivity index (χ0n) is 14.5. The van der Waals surface area contributed by atoms with Gasteiger partial charge in [0.25, 0.3) is 11.5 Å². The number of carbonyl (C=O) groups is 1. The van der Waals surface area contributed by atoms with Gasteiger partial charge in [-0.3, -0.25) is 19.6 Å². The molecule has 0 radical (unpaired) electrons. The molecule has 0 fully saturated rings. The van der Waals surface area contributed by atoms with Crippen molar-refractivity contribution in [1.29, 1.82) is 0 Å². The van der Waals surface area contributed by atoms with Gasteiger partial charge in [-0.15, -0.1) is 0 Å². The molecule has 26 heavy (non-hydrogen) atoms. The van der Waals surface area contributed by atoms with Gasteiger partial charge in [0.2, 0.25) is 0 Å². The van der Waals surface area contributed by atoms with E-state index in [0.717, 1.165) is 12.0 Å². The number of nitrogens with one attached hydrogen (secondary N) is 2. The number of fused-ring (bicyclic) bond motifs is 2. The van der Waals surface area contributed by atoms with Crippen LogP contribution in [0.4, 0.5) is 0 Å². The van der Waals surface area contributed by atoms with Crippen molar-refractivity contribution >= 4 is 16.9 Å². The van der Waals surface area contributed by atoms with Crippen LogP contribution in [0.2, 0.25) is 0 Å². The van der Waals surface area contributed by atoms with E-state index in [9.17, 15) is 14.4 Å². The molecule has 7 heteroatoms. The molecule has 1 aliphatic rings. The van der Waals surface area contributed by atoms with Crippen LogP contribution in [-0.2, 0) is 13.0 Å². The Balaban J connectivity index is 1.77. The van der Waals surface area contributed by atoms with Crippen molar-refractivity contribution in [3.8, 4) is 0 Å². The summed E-state index contributed by atoms with van der Waals surface area (Å²) in [4.78, 5) is 47.3. The number of nitrogens with zero attached hydrogens (tertiary/aromatic N) is 2. The summed E-state index contributed by atoms with van der Waals surface area (Å²) < 4.78 is 0. The summed E-state index contributed by atoms with van der Waals surface area (Å²) in [5.74, 6) is -0.210. The van der Waals surface area contributed by atoms with Crippen LogP contribution >= 0.6 is 0 Å². The van der Waals surface area contributed by atoms with Crippen LogP contribution < -0.4 is 11.2 Å². The molecular weight excluding hydrogens is 332 g/mol. The van der Waals surface area contributed by atoms with E-state index in [1.54, 1.807) is 17.9 Å². The quantitative estimate of drug-likeness (QED) is 0.695. The number of rotatable bonds is 1. The van der Waals surface area contributed by atoms with E-state index in [2.05, 4.69) is 21.0 Å². The minimum atomic E-state index is -0.640. The number of pyridine rings is 1. The molecular formula is C19H18N4O3. The molecule has 1 unspecified atom stereocenters. The van der Waals surface area contributed by atoms with Crippen LogP contribution in [0.15, 0.2) is 39.9 Å². The first-order valence-electron chi connectivity index (χ1n) is 8.46. The molecule has 3 aromatic rings. The number of carbonyl (C=O) groups excluding carboxylic acids is 1. The van der Waals surface area contributed by atoms with Crippen molar-refractivity contribution in [1.82, 2.24) is 19.9 Å². The van der Waals surface area contributed by atoms with Crippen molar-refractivity contribution in [3.05, 3.63) is 73.6 Å². The van der Waals surface area contributed by atoms with E-state index in [1.165, 1.54) is 5.56 Å². The third-order valence-electron chi connectivity index (χ3n) is 4.89. The van der Waals surface area contributed by atoms with Crippen LogP contribution in [0.1, 0.15) is 34.1 Å². The molecule has 0 bridgehead atoms. The van der Waals surface area contributed by atoms with E-state index in [4.69, 9.17) is 0 Å². The lowest BCUT2D eigenvalue weighted by molar-refractivity contribution is 0.0652. The summed E-state index contributed by atoms with van der Waals surface area (Å²) in [6, 6.07) is 9.72. The highest BCUT2D eigenvalue weighted by Crippen LogP contribution is 2.25. The molecule has 0 spiro atoms. The summed E-state index contributed by atoms with van der Waals surface area (Å²) in [5.41, 5.74) is 2.19. The number of amides is 1. The van der Waals surface area contributed by atoms with Crippen LogP contribution in [0.25, 0.3) is 11.0 Å². The SMILES string of the molecule is Cc1cc(C(=O)N2Cc3ccccc3CC2C)nc2[nH]c(=O)[nH]c(=O)c12. The molecule has 1 atom stereocenters. The predicted octanol–water partition coefficient (Wildman–Crippen LogP) is 1.51. The lowest BCUT2D eigenvalue weighted by Crippen LogP contribution is -2.43. The normalized spacial score (nSPS) is 16.5. The van der Waals surface area contributed by atoms with E-state index in [-0.39, 0.29) is 28.7 Å². The summed E-state index contributed by atoms with van der Waals surface area (Å²) in [7, 11) is 0. The van der Waals surface area contributed by atoms with Crippen molar-refractivity contribution in [3.63, 3.8) is 0 Å². The number of hydrogen-bond acceptors (Lipinski definition) is 4. The second-order valence-corrected chi connectivity index (χ2v) is 6.71. The first kappa shape index (κ1) is 16.3. The molecule has 0 aliphatic carbocycles. The first-order valence-corrected chi connectivity index (χ1v) is 8.46. The summed E-state index contributed by atoms with van der Waals surface area (Å²) in [5, 5.41) is 0.290. The molecule has 1 aromatic carbocycles. The molecule has 1 aliphatic heterocycles. The fraction of sp³-hybridized carbons (Fsp3) is 0.263. The Labute approximate surface area is 148 Å². The average Bonchev–Trinajstić information content (AvgIpc) is 2.59. The van der Waals surface area contributed by atoms with Crippen LogP contribution in [-0.4, -0.2) is 31.8 Å². The molecule has 2 aromatic heterocycles. The van der Waals surface area contributed by atoms with Crippen molar-refractivity contribution in [2.45, 2.75) is 32.9 Å². The van der Waals surface area contributed by atoms with Gasteiger partial charge in [0, 0.05) is 12.6 Å². The Morgan fingerprint density at radius 2 is 1.92 bits per heavy atom. The summed E-state index contributed by atoms with van der Waals surface area (Å²) in [6.07, 6.45) is 0.783. The van der Waals surface area contributed by atoms with E-state index < -0.39 is 11.2 Å². The van der Waals surface area contributed by atoms with Gasteiger partial charge in [0.05, 0.1) is 5.39 Å². The van der Waals surface area contributed by atoms with Crippen molar-refractivity contribution in [2.75, 3.05) is 0 Å². The Morgan fingerprint density at radius 1 is 1.19 bits per heavy atom. The lowest BCUT2D eigenvalue weighted by atomic mass is 9.94. The standard InChI is InChI=1S/C19H18N4O3/c1-10-7-14(20-16-15(10)17(24)22-19(26)21-16)18(25)23-9-13-6-4-3-5-12(13)8-11(23)2/h3-7,11H,8-9H2,1-2H3,(H2,20,21,22,24,26). The van der Waals surface area contributed by atoms with Crippen LogP contribution in [0, 0.1) is 6.92 Å². The maximum Gasteiger partial charge on any atom is 0.327 e. The molecule has 1 amide bonds. The largest absolute Gasteiger partial charge is 0.330 e. The van der Waals surface area contributed by atoms with Crippen LogP contribution in [0.5, 0.6) is 0 Å². The van der Waals surface area contributed by atoms with Crippen molar-refractivity contribution in [2.24, 2.45) is 0 Å². The fourth-order valence-electron chi connectivity index (χ4n) is 3.56. The molecule has 7 nitrogen and oxygen atoms in total. The van der Waals surface area contributed by atoms with E-state index in [1.807, 2.05) is 25.1 Å². The number of H-pyrrole nitrogens is 2. The van der Waals surface area contributed by atoms with Gasteiger partial charge in [-0.05, 0) is 43.0 Å². The third kappa shape index (κ3) is 2.61. The van der Waals surface area contributed by atoms with Gasteiger partial charge in [-0.2, -0.15) is 0 Å². The molecule has 4 rings (SSSR count). The number of aromatic amines is 2. The Morgan fingerprint density at radius 3 is 2.69 bits per heavy atom. The first-order chi connectivity index (χ1) is 12.4. The molecule has 0 saturated carbocycles. The van der Waals surface area contributed by atoms with Gasteiger partial charge >= 0.3 is 5.69 Å². The molecule has 132 valence electrons. The van der Waals surface area contributed by atoms with E-state index in [0.29, 0.717) is 12.1 Å². The number of aryl methyl sites for hydroxylation is 1. The second-order valence-electron chi connectivity index (χ2n) is 6.71. The van der Waals surface area contributed by atoms with Crippen LogP contribution in [0.3, 0.4) is 0 Å². The lowest BCUT2D eigenvalue weighted by Gasteiger charge is -2.34. The minimum absolute atomic E-state index is 0.0356. The Hall–Kier alpha value is -3.22. The number of hydrogen-bond donors (Lipinski definition) is 2. The monoisotopic (exact) mass is 350 g/mol. The smallest absolute Gasteiger partial charge is 0.327 e.